The summed E-state index contributed by atoms with van der Waals surface area (Å²) in [6.07, 6.45) is 2.63. The van der Waals surface area contributed by atoms with Crippen LogP contribution in [0.3, 0.4) is 0 Å². The van der Waals surface area contributed by atoms with Gasteiger partial charge in [-0.1, -0.05) is 6.07 Å². The first kappa shape index (κ1) is 19.3. The highest BCUT2D eigenvalue weighted by Gasteiger charge is 2.21. The van der Waals surface area contributed by atoms with E-state index >= 15 is 0 Å². The number of nitrogens with one attached hydrogen (secondary N) is 1. The molecule has 1 aliphatic rings. The van der Waals surface area contributed by atoms with Crippen LogP contribution in [0.2, 0.25) is 0 Å². The van der Waals surface area contributed by atoms with Crippen LogP contribution in [-0.2, 0) is 17.6 Å². The number of hydrogen-bond acceptors (Lipinski definition) is 5. The Morgan fingerprint density at radius 3 is 2.83 bits per heavy atom. The minimum absolute atomic E-state index is 0.0983. The van der Waals surface area contributed by atoms with Gasteiger partial charge < -0.3 is 5.11 Å². The first-order valence-electron chi connectivity index (χ1n) is 9.39. The minimum atomic E-state index is -0.297. The van der Waals surface area contributed by atoms with Crippen LogP contribution in [0.4, 0.5) is 4.39 Å². The van der Waals surface area contributed by atoms with Gasteiger partial charge in [-0.2, -0.15) is 5.10 Å². The molecule has 1 amide bonds. The van der Waals surface area contributed by atoms with Gasteiger partial charge in [0, 0.05) is 16.5 Å². The topological polar surface area (TPSA) is 74.6 Å². The first-order chi connectivity index (χ1) is 14.0. The Bertz CT molecular complexity index is 1090. The predicted molar refractivity (Wildman–Crippen MR) is 112 cm³/mol. The summed E-state index contributed by atoms with van der Waals surface area (Å²) in [5.74, 6) is -0.371. The molecule has 4 rings (SSSR count). The second kappa shape index (κ2) is 8.13. The molecule has 0 spiro atoms. The minimum Gasteiger partial charge on any atom is -0.507 e. The number of aromatic hydroxyl groups is 1. The van der Waals surface area contributed by atoms with E-state index in [1.165, 1.54) is 23.5 Å². The van der Waals surface area contributed by atoms with Crippen molar-refractivity contribution in [2.45, 2.75) is 32.6 Å². The number of phenolic OH excluding ortho intramolecular Hbond substituents is 1. The Balaban J connectivity index is 1.45. The van der Waals surface area contributed by atoms with Gasteiger partial charge in [-0.05, 0) is 67.6 Å². The molecule has 0 fully saturated rings. The summed E-state index contributed by atoms with van der Waals surface area (Å²) in [5, 5.41) is 17.1. The first-order valence-corrected chi connectivity index (χ1v) is 10.3. The number of fused-ring (bicyclic) bond motifs is 1. The molecule has 0 radical (unpaired) electrons. The van der Waals surface area contributed by atoms with Crippen LogP contribution in [0, 0.1) is 12.7 Å². The molecular formula is C22H20FN3O2S. The maximum Gasteiger partial charge on any atom is 0.246 e. The second-order valence-corrected chi connectivity index (χ2v) is 7.89. The molecule has 0 saturated carbocycles. The highest BCUT2D eigenvalue weighted by molar-refractivity contribution is 7.13. The number of aromatic nitrogens is 1. The van der Waals surface area contributed by atoms with Crippen molar-refractivity contribution in [3.8, 4) is 16.3 Å². The molecule has 3 aromatic rings. The Hall–Kier alpha value is -3.06. The Morgan fingerprint density at radius 1 is 1.24 bits per heavy atom. The molecule has 0 aliphatic heterocycles. The monoisotopic (exact) mass is 409 g/mol. The van der Waals surface area contributed by atoms with E-state index in [0.717, 1.165) is 40.1 Å². The van der Waals surface area contributed by atoms with Gasteiger partial charge >= 0.3 is 0 Å². The Labute approximate surface area is 171 Å². The van der Waals surface area contributed by atoms with E-state index in [4.69, 9.17) is 0 Å². The lowest BCUT2D eigenvalue weighted by Gasteiger charge is -2.20. The Morgan fingerprint density at radius 2 is 2.03 bits per heavy atom. The number of aryl methyl sites for hydroxylation is 1. The molecule has 0 unspecified atom stereocenters. The number of amides is 1. The molecule has 148 valence electrons. The fourth-order valence-corrected chi connectivity index (χ4v) is 4.33. The maximum absolute atomic E-state index is 13.1. The summed E-state index contributed by atoms with van der Waals surface area (Å²) >= 11 is 1.41. The van der Waals surface area contributed by atoms with E-state index in [2.05, 4.69) is 15.5 Å². The normalized spacial score (nSPS) is 14.6. The van der Waals surface area contributed by atoms with Crippen molar-refractivity contribution in [3.05, 3.63) is 70.0 Å². The van der Waals surface area contributed by atoms with Gasteiger partial charge in [-0.3, -0.25) is 4.79 Å². The zero-order valence-electron chi connectivity index (χ0n) is 15.9. The summed E-state index contributed by atoms with van der Waals surface area (Å²) in [6, 6.07) is 9.67. The van der Waals surface area contributed by atoms with Gasteiger partial charge in [0.05, 0.1) is 17.8 Å². The summed E-state index contributed by atoms with van der Waals surface area (Å²) in [6.45, 7) is 2.01. The number of benzene rings is 2. The number of carbonyl (C=O) groups is 1. The van der Waals surface area contributed by atoms with Crippen molar-refractivity contribution in [2.24, 2.45) is 5.10 Å². The van der Waals surface area contributed by atoms with Crippen LogP contribution < -0.4 is 5.43 Å². The molecule has 2 aromatic carbocycles. The third-order valence-electron chi connectivity index (χ3n) is 4.95. The van der Waals surface area contributed by atoms with E-state index in [9.17, 15) is 14.3 Å². The lowest BCUT2D eigenvalue weighted by Crippen LogP contribution is -2.24. The van der Waals surface area contributed by atoms with Crippen molar-refractivity contribution in [1.82, 2.24) is 10.4 Å². The molecule has 0 saturated heterocycles. The van der Waals surface area contributed by atoms with E-state index in [1.54, 1.807) is 18.2 Å². The van der Waals surface area contributed by atoms with E-state index in [0.29, 0.717) is 17.8 Å². The number of hydrogen-bond donors (Lipinski definition) is 2. The fraction of sp³-hybridized carbons (Fsp3) is 0.227. The molecular weight excluding hydrogens is 389 g/mol. The van der Waals surface area contributed by atoms with Crippen LogP contribution in [0.1, 0.15) is 35.2 Å². The number of hydrazone groups is 1. The summed E-state index contributed by atoms with van der Waals surface area (Å²) in [5.41, 5.74) is 7.69. The van der Waals surface area contributed by atoms with E-state index in [1.807, 2.05) is 18.4 Å². The largest absolute Gasteiger partial charge is 0.507 e. The highest BCUT2D eigenvalue weighted by Crippen LogP contribution is 2.31. The molecule has 5 nitrogen and oxygen atoms in total. The number of thiazole rings is 1. The van der Waals surface area contributed by atoms with E-state index in [-0.39, 0.29) is 23.9 Å². The van der Waals surface area contributed by atoms with Gasteiger partial charge in [0.2, 0.25) is 5.91 Å². The zero-order chi connectivity index (χ0) is 20.4. The van der Waals surface area contributed by atoms with Gasteiger partial charge in [0.15, 0.2) is 0 Å². The van der Waals surface area contributed by atoms with Crippen LogP contribution in [0.25, 0.3) is 10.6 Å². The molecule has 1 aromatic heterocycles. The van der Waals surface area contributed by atoms with Gasteiger partial charge in [-0.25, -0.2) is 14.8 Å². The van der Waals surface area contributed by atoms with Crippen molar-refractivity contribution >= 4 is 23.0 Å². The number of rotatable bonds is 4. The van der Waals surface area contributed by atoms with Gasteiger partial charge in [0.1, 0.15) is 16.6 Å². The van der Waals surface area contributed by atoms with Crippen molar-refractivity contribution in [1.29, 1.82) is 0 Å². The number of nitrogens with zero attached hydrogens (tertiary/aromatic N) is 2. The van der Waals surface area contributed by atoms with Crippen LogP contribution in [-0.4, -0.2) is 21.7 Å². The molecule has 0 atom stereocenters. The smallest absolute Gasteiger partial charge is 0.246 e. The van der Waals surface area contributed by atoms with Crippen molar-refractivity contribution < 1.29 is 14.3 Å². The summed E-state index contributed by atoms with van der Waals surface area (Å²) in [4.78, 5) is 16.8. The van der Waals surface area contributed by atoms with Crippen LogP contribution in [0.5, 0.6) is 5.75 Å². The molecule has 1 heterocycles. The molecule has 29 heavy (non-hydrogen) atoms. The quantitative estimate of drug-likeness (QED) is 0.629. The molecule has 0 bridgehead atoms. The number of halogens is 1. The third-order valence-corrected chi connectivity index (χ3v) is 5.89. The van der Waals surface area contributed by atoms with Crippen molar-refractivity contribution in [2.75, 3.05) is 0 Å². The maximum atomic E-state index is 13.1. The summed E-state index contributed by atoms with van der Waals surface area (Å²) in [7, 11) is 0. The van der Waals surface area contributed by atoms with Crippen LogP contribution in [0.15, 0.2) is 46.9 Å². The molecule has 1 aliphatic carbocycles. The lowest BCUT2D eigenvalue weighted by atomic mass is 9.86. The van der Waals surface area contributed by atoms with Crippen molar-refractivity contribution in [3.63, 3.8) is 0 Å². The standard InChI is InChI=1S/C22H20FN3O2S/c1-13-5-10-19(27)21-17(13)3-2-4-18(21)25-26-20(28)11-16-12-29-22(24-16)14-6-8-15(23)9-7-14/h5-10,12,27H,2-4,11H2,1H3,(H,26,28)/b25-18+. The third kappa shape index (κ3) is 4.19. The van der Waals surface area contributed by atoms with Crippen LogP contribution >= 0.6 is 11.3 Å². The summed E-state index contributed by atoms with van der Waals surface area (Å²) < 4.78 is 13.1. The Kier molecular flexibility index (Phi) is 5.40. The highest BCUT2D eigenvalue weighted by atomic mass is 32.1. The predicted octanol–water partition coefficient (Wildman–Crippen LogP) is 4.36. The van der Waals surface area contributed by atoms with Gasteiger partial charge in [-0.15, -0.1) is 11.3 Å². The zero-order valence-corrected chi connectivity index (χ0v) is 16.7. The van der Waals surface area contributed by atoms with Gasteiger partial charge in [0.25, 0.3) is 0 Å². The number of carbonyl (C=O) groups excluding carboxylic acids is 1. The average Bonchev–Trinajstić information content (AvgIpc) is 3.18. The SMILES string of the molecule is Cc1ccc(O)c2c1CCC/C2=N\NC(=O)Cc1csc(-c2ccc(F)cc2)n1. The lowest BCUT2D eigenvalue weighted by molar-refractivity contribution is -0.120. The molecule has 7 heteroatoms. The number of phenols is 1. The molecule has 2 N–H and O–H groups in total. The van der Waals surface area contributed by atoms with E-state index < -0.39 is 0 Å². The average molecular weight is 409 g/mol. The fourth-order valence-electron chi connectivity index (χ4n) is 3.50. The second-order valence-electron chi connectivity index (χ2n) is 7.03.